The fraction of sp³-hybridized carbons (Fsp3) is 0.158. The van der Waals surface area contributed by atoms with E-state index in [1.807, 2.05) is 19.1 Å². The average Bonchev–Trinajstić information content (AvgIpc) is 3.04. The molecule has 0 spiro atoms. The second kappa shape index (κ2) is 7.79. The molecule has 1 heterocycles. The van der Waals surface area contributed by atoms with Crippen molar-refractivity contribution in [3.63, 3.8) is 0 Å². The van der Waals surface area contributed by atoms with Gasteiger partial charge in [0.15, 0.2) is 0 Å². The van der Waals surface area contributed by atoms with Gasteiger partial charge in [-0.3, -0.25) is 10.1 Å². The molecule has 0 saturated heterocycles. The molecule has 0 aliphatic rings. The standard InChI is InChI=1S/C19H17N3O5/c1-13-5-3-4-6-17(13)19(23)27-18-11-14(12-26-2)20-21(18)15-7-9-16(10-8-15)22(24)25/h3-11H,12H2,1-2H3. The molecule has 0 aliphatic heterocycles. The number of benzene rings is 2. The first-order valence-corrected chi connectivity index (χ1v) is 8.10. The second-order valence-electron chi connectivity index (χ2n) is 5.80. The minimum atomic E-state index is -0.514. The third-order valence-corrected chi connectivity index (χ3v) is 3.89. The van der Waals surface area contributed by atoms with E-state index in [-0.39, 0.29) is 18.2 Å². The molecule has 0 bridgehead atoms. The highest BCUT2D eigenvalue weighted by molar-refractivity contribution is 5.92. The molecule has 1 aromatic heterocycles. The van der Waals surface area contributed by atoms with Crippen LogP contribution in [0.3, 0.4) is 0 Å². The number of hydrogen-bond acceptors (Lipinski definition) is 6. The van der Waals surface area contributed by atoms with Gasteiger partial charge < -0.3 is 9.47 Å². The maximum absolute atomic E-state index is 12.5. The van der Waals surface area contributed by atoms with Crippen molar-refractivity contribution in [2.45, 2.75) is 13.5 Å². The quantitative estimate of drug-likeness (QED) is 0.376. The molecule has 0 atom stereocenters. The van der Waals surface area contributed by atoms with Crippen LogP contribution in [0.1, 0.15) is 21.6 Å². The van der Waals surface area contributed by atoms with Gasteiger partial charge in [-0.1, -0.05) is 18.2 Å². The van der Waals surface area contributed by atoms with E-state index in [1.54, 1.807) is 18.2 Å². The van der Waals surface area contributed by atoms with Gasteiger partial charge in [0.1, 0.15) is 0 Å². The number of aryl methyl sites for hydroxylation is 1. The summed E-state index contributed by atoms with van der Waals surface area (Å²) in [5.74, 6) is -0.315. The zero-order chi connectivity index (χ0) is 19.4. The monoisotopic (exact) mass is 367 g/mol. The Morgan fingerprint density at radius 3 is 2.52 bits per heavy atom. The van der Waals surface area contributed by atoms with Crippen LogP contribution in [0.2, 0.25) is 0 Å². The molecule has 0 aliphatic carbocycles. The van der Waals surface area contributed by atoms with Crippen molar-refractivity contribution in [3.05, 3.63) is 81.5 Å². The van der Waals surface area contributed by atoms with Crippen LogP contribution < -0.4 is 4.74 Å². The molecule has 3 aromatic rings. The van der Waals surface area contributed by atoms with Gasteiger partial charge in [0.25, 0.3) is 5.69 Å². The van der Waals surface area contributed by atoms with Crippen molar-refractivity contribution < 1.29 is 19.2 Å². The Morgan fingerprint density at radius 2 is 1.89 bits per heavy atom. The van der Waals surface area contributed by atoms with E-state index in [2.05, 4.69) is 5.10 Å². The highest BCUT2D eigenvalue weighted by Crippen LogP contribution is 2.23. The van der Waals surface area contributed by atoms with Crippen LogP contribution in [-0.2, 0) is 11.3 Å². The van der Waals surface area contributed by atoms with Crippen molar-refractivity contribution in [2.75, 3.05) is 7.11 Å². The van der Waals surface area contributed by atoms with Gasteiger partial charge in [-0.2, -0.15) is 5.10 Å². The van der Waals surface area contributed by atoms with E-state index in [0.717, 1.165) is 5.56 Å². The van der Waals surface area contributed by atoms with E-state index < -0.39 is 10.9 Å². The Balaban J connectivity index is 1.95. The topological polar surface area (TPSA) is 96.5 Å². The smallest absolute Gasteiger partial charge is 0.345 e. The number of carbonyl (C=O) groups excluding carboxylic acids is 1. The lowest BCUT2D eigenvalue weighted by molar-refractivity contribution is -0.384. The third kappa shape index (κ3) is 4.01. The number of nitro groups is 1. The van der Waals surface area contributed by atoms with Gasteiger partial charge in [-0.15, -0.1) is 0 Å². The third-order valence-electron chi connectivity index (χ3n) is 3.89. The number of methoxy groups -OCH3 is 1. The number of nitro benzene ring substituents is 1. The van der Waals surface area contributed by atoms with Gasteiger partial charge in [0.2, 0.25) is 5.88 Å². The Kier molecular flexibility index (Phi) is 5.28. The number of nitrogens with zero attached hydrogens (tertiary/aromatic N) is 3. The van der Waals surface area contributed by atoms with Crippen LogP contribution in [0.15, 0.2) is 54.6 Å². The summed E-state index contributed by atoms with van der Waals surface area (Å²) in [5.41, 5.74) is 2.28. The molecule has 0 amide bonds. The lowest BCUT2D eigenvalue weighted by Crippen LogP contribution is -2.13. The largest absolute Gasteiger partial charge is 0.404 e. The summed E-state index contributed by atoms with van der Waals surface area (Å²) in [5, 5.41) is 15.2. The van der Waals surface area contributed by atoms with Crippen molar-refractivity contribution in [1.29, 1.82) is 0 Å². The minimum Gasteiger partial charge on any atom is -0.404 e. The number of ether oxygens (including phenoxy) is 2. The zero-order valence-electron chi connectivity index (χ0n) is 14.8. The Morgan fingerprint density at radius 1 is 1.19 bits per heavy atom. The number of hydrogen-bond donors (Lipinski definition) is 0. The van der Waals surface area contributed by atoms with Gasteiger partial charge in [-0.25, -0.2) is 9.48 Å². The first kappa shape index (κ1) is 18.3. The molecule has 0 saturated carbocycles. The van der Waals surface area contributed by atoms with Gasteiger partial charge in [0.05, 0.1) is 28.5 Å². The van der Waals surface area contributed by atoms with Crippen LogP contribution in [0.25, 0.3) is 5.69 Å². The predicted molar refractivity (Wildman–Crippen MR) is 97.1 cm³/mol. The van der Waals surface area contributed by atoms with Crippen LogP contribution >= 0.6 is 0 Å². The second-order valence-corrected chi connectivity index (χ2v) is 5.80. The molecule has 138 valence electrons. The fourth-order valence-electron chi connectivity index (χ4n) is 2.55. The van der Waals surface area contributed by atoms with Crippen LogP contribution in [0.5, 0.6) is 5.88 Å². The minimum absolute atomic E-state index is 0.0403. The summed E-state index contributed by atoms with van der Waals surface area (Å²) in [6.45, 7) is 2.05. The Bertz CT molecular complexity index is 979. The fourth-order valence-corrected chi connectivity index (χ4v) is 2.55. The number of carbonyl (C=O) groups is 1. The molecule has 3 rings (SSSR count). The average molecular weight is 367 g/mol. The highest BCUT2D eigenvalue weighted by Gasteiger charge is 2.18. The summed E-state index contributed by atoms with van der Waals surface area (Å²) >= 11 is 0. The molecule has 8 heteroatoms. The number of rotatable bonds is 6. The van der Waals surface area contributed by atoms with E-state index >= 15 is 0 Å². The maximum Gasteiger partial charge on any atom is 0.345 e. The lowest BCUT2D eigenvalue weighted by atomic mass is 10.1. The lowest BCUT2D eigenvalue weighted by Gasteiger charge is -2.09. The number of esters is 1. The summed E-state index contributed by atoms with van der Waals surface area (Å²) in [7, 11) is 1.53. The molecular formula is C19H17N3O5. The number of non-ortho nitro benzene ring substituents is 1. The van der Waals surface area contributed by atoms with Crippen molar-refractivity contribution >= 4 is 11.7 Å². The molecule has 0 N–H and O–H groups in total. The summed E-state index contributed by atoms with van der Waals surface area (Å²) < 4.78 is 12.0. The highest BCUT2D eigenvalue weighted by atomic mass is 16.6. The van der Waals surface area contributed by atoms with Gasteiger partial charge >= 0.3 is 5.97 Å². The SMILES string of the molecule is COCc1cc(OC(=O)c2ccccc2C)n(-c2ccc([N+](=O)[O-])cc2)n1. The molecule has 8 nitrogen and oxygen atoms in total. The Hall–Kier alpha value is -3.52. The first-order valence-electron chi connectivity index (χ1n) is 8.10. The predicted octanol–water partition coefficient (Wildman–Crippen LogP) is 3.45. The summed E-state index contributed by atoms with van der Waals surface area (Å²) in [6.07, 6.45) is 0. The van der Waals surface area contributed by atoms with E-state index in [9.17, 15) is 14.9 Å². The summed E-state index contributed by atoms with van der Waals surface area (Å²) in [4.78, 5) is 22.9. The van der Waals surface area contributed by atoms with E-state index in [0.29, 0.717) is 16.9 Å². The van der Waals surface area contributed by atoms with E-state index in [4.69, 9.17) is 9.47 Å². The van der Waals surface area contributed by atoms with Gasteiger partial charge in [0, 0.05) is 25.3 Å². The molecule has 0 unspecified atom stereocenters. The normalized spacial score (nSPS) is 10.6. The van der Waals surface area contributed by atoms with Crippen LogP contribution in [0, 0.1) is 17.0 Å². The maximum atomic E-state index is 12.5. The molecular weight excluding hydrogens is 350 g/mol. The van der Waals surface area contributed by atoms with Crippen molar-refractivity contribution in [3.8, 4) is 11.6 Å². The Labute approximate surface area is 155 Å². The van der Waals surface area contributed by atoms with Crippen molar-refractivity contribution in [1.82, 2.24) is 9.78 Å². The summed E-state index contributed by atoms with van der Waals surface area (Å²) in [6, 6.07) is 14.5. The van der Waals surface area contributed by atoms with Crippen molar-refractivity contribution in [2.24, 2.45) is 0 Å². The molecule has 0 fully saturated rings. The zero-order valence-corrected chi connectivity index (χ0v) is 14.8. The van der Waals surface area contributed by atoms with Gasteiger partial charge in [-0.05, 0) is 30.7 Å². The number of aromatic nitrogens is 2. The van der Waals surface area contributed by atoms with Crippen LogP contribution in [-0.4, -0.2) is 27.8 Å². The first-order chi connectivity index (χ1) is 13.0. The molecule has 2 aromatic carbocycles. The molecule has 0 radical (unpaired) electrons. The van der Waals surface area contributed by atoms with Crippen LogP contribution in [0.4, 0.5) is 5.69 Å². The molecule has 27 heavy (non-hydrogen) atoms. The van der Waals surface area contributed by atoms with E-state index in [1.165, 1.54) is 36.1 Å².